The fourth-order valence-corrected chi connectivity index (χ4v) is 13.4. The van der Waals surface area contributed by atoms with Gasteiger partial charge in [-0.25, -0.2) is 0 Å². The van der Waals surface area contributed by atoms with Crippen LogP contribution in [0, 0.1) is 0 Å². The van der Waals surface area contributed by atoms with Crippen LogP contribution in [0.25, 0.3) is 60.8 Å². The normalized spacial score (nSPS) is 14.0. The van der Waals surface area contributed by atoms with E-state index in [-0.39, 0.29) is 10.8 Å². The smallest absolute Gasteiger partial charge is 0.0740 e. The van der Waals surface area contributed by atoms with Crippen molar-refractivity contribution in [3.05, 3.63) is 282 Å². The Hall–Kier alpha value is -8.92. The lowest BCUT2D eigenvalue weighted by Crippen LogP contribution is -2.26. The van der Waals surface area contributed by atoms with Crippen LogP contribution >= 0.6 is 0 Å². The maximum Gasteiger partial charge on any atom is 0.0740 e. The number of benzene rings is 10. The van der Waals surface area contributed by atoms with E-state index in [9.17, 15) is 0 Å². The van der Waals surface area contributed by atoms with E-state index < -0.39 is 5.41 Å². The molecule has 0 N–H and O–H groups in total. The molecule has 384 valence electrons. The summed E-state index contributed by atoms with van der Waals surface area (Å²) in [5.41, 5.74) is 26.3. The number of rotatable bonds is 8. The minimum atomic E-state index is -0.669. The molecule has 1 spiro atoms. The molecule has 10 aromatic carbocycles. The molecule has 11 aromatic rings. The molecule has 14 rings (SSSR count). The second-order valence-corrected chi connectivity index (χ2v) is 24.1. The van der Waals surface area contributed by atoms with Gasteiger partial charge in [-0.15, -0.1) is 0 Å². The average molecular weight is 1020 g/mol. The summed E-state index contributed by atoms with van der Waals surface area (Å²) in [6.45, 7) is 13.8. The number of aromatic nitrogens is 1. The van der Waals surface area contributed by atoms with Crippen molar-refractivity contribution in [3.63, 3.8) is 0 Å². The molecule has 3 aliphatic rings. The lowest BCUT2D eigenvalue weighted by Gasteiger charge is -2.34. The molecule has 3 aliphatic carbocycles. The second kappa shape index (κ2) is 18.4. The van der Waals surface area contributed by atoms with Gasteiger partial charge in [-0.05, 0) is 174 Å². The Labute approximate surface area is 466 Å². The van der Waals surface area contributed by atoms with Gasteiger partial charge in [0.1, 0.15) is 0 Å². The molecule has 0 radical (unpaired) electrons. The van der Waals surface area contributed by atoms with Crippen LogP contribution in [0.3, 0.4) is 0 Å². The van der Waals surface area contributed by atoms with Gasteiger partial charge in [-0.2, -0.15) is 0 Å². The van der Waals surface area contributed by atoms with Crippen molar-refractivity contribution in [2.75, 3.05) is 9.80 Å². The summed E-state index contributed by atoms with van der Waals surface area (Å²) in [5, 5.41) is 2.52. The monoisotopic (exact) mass is 1020 g/mol. The summed E-state index contributed by atoms with van der Waals surface area (Å²) in [5.74, 6) is 0. The highest BCUT2D eigenvalue weighted by atomic mass is 15.2. The summed E-state index contributed by atoms with van der Waals surface area (Å²) in [6.07, 6.45) is 9.11. The Morgan fingerprint density at radius 1 is 0.418 bits per heavy atom. The van der Waals surface area contributed by atoms with Crippen molar-refractivity contribution in [1.29, 1.82) is 0 Å². The molecule has 0 aliphatic heterocycles. The van der Waals surface area contributed by atoms with E-state index in [1.165, 1.54) is 99.7 Å². The van der Waals surface area contributed by atoms with E-state index >= 15 is 0 Å². The van der Waals surface area contributed by atoms with E-state index in [1.807, 2.05) is 0 Å². The van der Waals surface area contributed by atoms with E-state index in [2.05, 4.69) is 306 Å². The predicted octanol–water partition coefficient (Wildman–Crippen LogP) is 20.6. The molecule has 1 heterocycles. The van der Waals surface area contributed by atoms with Crippen LogP contribution < -0.4 is 9.80 Å². The molecule has 0 unspecified atom stereocenters. The number of hydrogen-bond acceptors (Lipinski definition) is 2. The van der Waals surface area contributed by atoms with Gasteiger partial charge in [-0.3, -0.25) is 0 Å². The minimum absolute atomic E-state index is 0.00308. The van der Waals surface area contributed by atoms with Gasteiger partial charge in [0, 0.05) is 51.8 Å². The molecule has 1 aromatic heterocycles. The zero-order chi connectivity index (χ0) is 53.8. The van der Waals surface area contributed by atoms with Gasteiger partial charge in [0.2, 0.25) is 0 Å². The van der Waals surface area contributed by atoms with Crippen molar-refractivity contribution in [1.82, 2.24) is 4.57 Å². The van der Waals surface area contributed by atoms with E-state index in [0.29, 0.717) is 0 Å². The highest BCUT2D eigenvalue weighted by molar-refractivity contribution is 6.22. The van der Waals surface area contributed by atoms with Crippen LogP contribution in [-0.2, 0) is 23.3 Å². The summed E-state index contributed by atoms with van der Waals surface area (Å²) in [7, 11) is 2.27. The molecular formula is C76H65N3. The number of aryl methyl sites for hydroxylation is 1. The Morgan fingerprint density at radius 3 is 1.51 bits per heavy atom. The topological polar surface area (TPSA) is 11.4 Å². The molecule has 3 nitrogen and oxygen atoms in total. The van der Waals surface area contributed by atoms with Gasteiger partial charge in [0.05, 0.1) is 16.6 Å². The zero-order valence-electron chi connectivity index (χ0n) is 46.3. The number of anilines is 6. The first-order valence-corrected chi connectivity index (χ1v) is 28.2. The highest BCUT2D eigenvalue weighted by Crippen LogP contribution is 2.66. The van der Waals surface area contributed by atoms with Crippen molar-refractivity contribution >= 4 is 61.5 Å². The van der Waals surface area contributed by atoms with Crippen molar-refractivity contribution in [2.45, 2.75) is 70.6 Å². The third-order valence-electron chi connectivity index (χ3n) is 17.4. The van der Waals surface area contributed by atoms with Crippen LogP contribution in [0.5, 0.6) is 0 Å². The number of fused-ring (bicyclic) bond motifs is 14. The first kappa shape index (κ1) is 48.5. The molecule has 0 bridgehead atoms. The third kappa shape index (κ3) is 7.69. The summed E-state index contributed by atoms with van der Waals surface area (Å²) >= 11 is 0. The van der Waals surface area contributed by atoms with Crippen molar-refractivity contribution < 1.29 is 0 Å². The SMILES string of the molecule is Cn1c2ccccc2c2c3c(cc(N(c4ccc(-c5ccccc5)cc4)c4ccc(C(C)(C)C)cc4)c21)C1(c2ccccc2-c2ccccc21)c1cc(N(c2ccc(C4=CCCC=C4)cc2)c2ccc(C(C)(C)C)cc2)ccc1-3. The van der Waals surface area contributed by atoms with E-state index in [1.54, 1.807) is 0 Å². The Morgan fingerprint density at radius 2 is 0.924 bits per heavy atom. The fraction of sp³-hybridized carbons (Fsp3) is 0.158. The molecular weight excluding hydrogens is 955 g/mol. The van der Waals surface area contributed by atoms with E-state index in [0.717, 1.165) is 47.0 Å². The van der Waals surface area contributed by atoms with Crippen LogP contribution in [0.2, 0.25) is 0 Å². The average Bonchev–Trinajstić information content (AvgIpc) is 3.94. The first-order valence-electron chi connectivity index (χ1n) is 28.2. The zero-order valence-corrected chi connectivity index (χ0v) is 46.3. The highest BCUT2D eigenvalue weighted by Gasteiger charge is 2.53. The van der Waals surface area contributed by atoms with Gasteiger partial charge >= 0.3 is 0 Å². The van der Waals surface area contributed by atoms with Crippen molar-refractivity contribution in [2.24, 2.45) is 7.05 Å². The summed E-state index contributed by atoms with van der Waals surface area (Å²) < 4.78 is 2.45. The maximum absolute atomic E-state index is 2.59. The Bertz CT molecular complexity index is 4190. The number of hydrogen-bond donors (Lipinski definition) is 0. The van der Waals surface area contributed by atoms with Crippen molar-refractivity contribution in [3.8, 4) is 33.4 Å². The third-order valence-corrected chi connectivity index (χ3v) is 17.4. The molecule has 0 atom stereocenters. The standard InChI is InChI=1S/C76H65N3/c1-74(2,3)54-34-42-57(43-35-54)78(56-38-30-52(31-39-56)50-20-10-8-11-21-50)60-46-47-63-67(48-60)76(65-27-17-14-24-61(65)62-25-15-18-28-66(62)76)68-49-70(73-72(71(63)68)64-26-16-19-29-69(64)77(73)7)79(59-44-36-55(37-45-59)75(4,5)6)58-40-32-53(33-41-58)51-22-12-9-13-23-51/h9-10,12-49H,8,11H2,1-7H3. The number of allylic oxidation sites excluding steroid dienone is 4. The largest absolute Gasteiger partial charge is 0.342 e. The molecule has 0 saturated heterocycles. The van der Waals surface area contributed by atoms with Gasteiger partial charge in [0.15, 0.2) is 0 Å². The van der Waals surface area contributed by atoms with Crippen LogP contribution in [0.1, 0.15) is 93.3 Å². The molecule has 79 heavy (non-hydrogen) atoms. The Kier molecular flexibility index (Phi) is 11.3. The molecule has 0 saturated carbocycles. The maximum atomic E-state index is 2.59. The minimum Gasteiger partial charge on any atom is -0.342 e. The summed E-state index contributed by atoms with van der Waals surface area (Å²) in [6, 6.07) is 85.3. The van der Waals surface area contributed by atoms with Crippen LogP contribution in [-0.4, -0.2) is 4.57 Å². The number of nitrogens with zero attached hydrogens (tertiary/aromatic N) is 3. The molecule has 0 amide bonds. The number of para-hydroxylation sites is 1. The van der Waals surface area contributed by atoms with Gasteiger partial charge < -0.3 is 14.4 Å². The molecule has 3 heteroatoms. The fourth-order valence-electron chi connectivity index (χ4n) is 13.4. The lowest BCUT2D eigenvalue weighted by atomic mass is 9.70. The first-order chi connectivity index (χ1) is 38.4. The quantitative estimate of drug-likeness (QED) is 0.150. The Balaban J connectivity index is 1.07. The summed E-state index contributed by atoms with van der Waals surface area (Å²) in [4.78, 5) is 5.01. The lowest BCUT2D eigenvalue weighted by molar-refractivity contribution is 0.590. The predicted molar refractivity (Wildman–Crippen MR) is 335 cm³/mol. The molecule has 0 fully saturated rings. The van der Waals surface area contributed by atoms with Gasteiger partial charge in [0.25, 0.3) is 0 Å². The van der Waals surface area contributed by atoms with Crippen LogP contribution in [0.15, 0.2) is 243 Å². The van der Waals surface area contributed by atoms with Crippen LogP contribution in [0.4, 0.5) is 34.1 Å². The second-order valence-electron chi connectivity index (χ2n) is 24.1. The van der Waals surface area contributed by atoms with Gasteiger partial charge in [-0.1, -0.05) is 211 Å². The van der Waals surface area contributed by atoms with E-state index in [4.69, 9.17) is 0 Å².